The fourth-order valence-corrected chi connectivity index (χ4v) is 3.44. The summed E-state index contributed by atoms with van der Waals surface area (Å²) in [5, 5.41) is 3.89. The van der Waals surface area contributed by atoms with E-state index in [1.165, 1.54) is 6.42 Å². The summed E-state index contributed by atoms with van der Waals surface area (Å²) in [5.74, 6) is -0.206. The van der Waals surface area contributed by atoms with Crippen LogP contribution < -0.4 is 5.32 Å². The van der Waals surface area contributed by atoms with E-state index in [9.17, 15) is 9.59 Å². The van der Waals surface area contributed by atoms with Gasteiger partial charge in [-0.05, 0) is 25.0 Å². The van der Waals surface area contributed by atoms with Crippen molar-refractivity contribution in [2.45, 2.75) is 45.1 Å². The summed E-state index contributed by atoms with van der Waals surface area (Å²) in [6.45, 7) is 1.64. The van der Waals surface area contributed by atoms with Crippen LogP contribution in [0.3, 0.4) is 0 Å². The summed E-state index contributed by atoms with van der Waals surface area (Å²) >= 11 is 0. The van der Waals surface area contributed by atoms with Crippen LogP contribution >= 0.6 is 0 Å². The number of nitrogens with one attached hydrogen (secondary N) is 1. The standard InChI is InChI=1S/C19H23N3O2/c1-14(23)22(16-9-3-2-4-10-16)13-18(24)21-17-11-5-7-15-8-6-12-20-19(15)17/h5-8,11-12,16H,2-4,9-10,13H2,1H3,(H,21,24). The topological polar surface area (TPSA) is 62.3 Å². The molecule has 2 amide bonds. The molecule has 1 saturated carbocycles. The molecule has 0 unspecified atom stereocenters. The van der Waals surface area contributed by atoms with E-state index in [2.05, 4.69) is 10.3 Å². The minimum atomic E-state index is -0.172. The van der Waals surface area contributed by atoms with Gasteiger partial charge in [0.25, 0.3) is 0 Å². The summed E-state index contributed by atoms with van der Waals surface area (Å²) < 4.78 is 0. The number of nitrogens with zero attached hydrogens (tertiary/aromatic N) is 2. The number of para-hydroxylation sites is 1. The highest BCUT2D eigenvalue weighted by atomic mass is 16.2. The van der Waals surface area contributed by atoms with E-state index >= 15 is 0 Å². The van der Waals surface area contributed by atoms with Gasteiger partial charge in [-0.25, -0.2) is 0 Å². The van der Waals surface area contributed by atoms with Crippen LogP contribution in [0.1, 0.15) is 39.0 Å². The Morgan fingerprint density at radius 3 is 2.67 bits per heavy atom. The van der Waals surface area contributed by atoms with Gasteiger partial charge in [0.05, 0.1) is 11.2 Å². The number of anilines is 1. The zero-order chi connectivity index (χ0) is 16.9. The van der Waals surface area contributed by atoms with Gasteiger partial charge in [-0.2, -0.15) is 0 Å². The maximum Gasteiger partial charge on any atom is 0.244 e. The highest BCUT2D eigenvalue weighted by Gasteiger charge is 2.25. The fraction of sp³-hybridized carbons (Fsp3) is 0.421. The first kappa shape index (κ1) is 16.4. The molecule has 126 valence electrons. The summed E-state index contributed by atoms with van der Waals surface area (Å²) in [7, 11) is 0. The van der Waals surface area contributed by atoms with Crippen LogP contribution in [0.4, 0.5) is 5.69 Å². The first-order valence-corrected chi connectivity index (χ1v) is 8.56. The lowest BCUT2D eigenvalue weighted by Crippen LogP contribution is -2.44. The van der Waals surface area contributed by atoms with E-state index < -0.39 is 0 Å². The number of carbonyl (C=O) groups excluding carboxylic acids is 2. The molecule has 0 bridgehead atoms. The van der Waals surface area contributed by atoms with E-state index in [0.29, 0.717) is 5.69 Å². The number of carbonyl (C=O) groups is 2. The van der Waals surface area contributed by atoms with Crippen molar-refractivity contribution >= 4 is 28.4 Å². The molecule has 5 nitrogen and oxygen atoms in total. The molecule has 3 rings (SSSR count). The van der Waals surface area contributed by atoms with Gasteiger partial charge in [0.1, 0.15) is 6.54 Å². The Balaban J connectivity index is 1.72. The van der Waals surface area contributed by atoms with Gasteiger partial charge in [-0.3, -0.25) is 14.6 Å². The van der Waals surface area contributed by atoms with Gasteiger partial charge >= 0.3 is 0 Å². The number of benzene rings is 1. The molecule has 1 aromatic carbocycles. The largest absolute Gasteiger partial charge is 0.331 e. The van der Waals surface area contributed by atoms with Crippen LogP contribution in [-0.2, 0) is 9.59 Å². The van der Waals surface area contributed by atoms with Crippen molar-refractivity contribution in [3.8, 4) is 0 Å². The molecule has 0 atom stereocenters. The number of aromatic nitrogens is 1. The summed E-state index contributed by atoms with van der Waals surface area (Å²) in [4.78, 5) is 30.5. The first-order chi connectivity index (χ1) is 11.6. The van der Waals surface area contributed by atoms with Gasteiger partial charge in [-0.15, -0.1) is 0 Å². The van der Waals surface area contributed by atoms with E-state index in [4.69, 9.17) is 0 Å². The van der Waals surface area contributed by atoms with Crippen molar-refractivity contribution in [3.05, 3.63) is 36.5 Å². The molecular weight excluding hydrogens is 302 g/mol. The van der Waals surface area contributed by atoms with Gasteiger partial charge in [-0.1, -0.05) is 37.5 Å². The van der Waals surface area contributed by atoms with Gasteiger partial charge in [0, 0.05) is 24.5 Å². The highest BCUT2D eigenvalue weighted by Crippen LogP contribution is 2.23. The number of amides is 2. The second-order valence-corrected chi connectivity index (χ2v) is 6.37. The SMILES string of the molecule is CC(=O)N(CC(=O)Nc1cccc2cccnc12)C1CCCCC1. The molecule has 0 aliphatic heterocycles. The lowest BCUT2D eigenvalue weighted by Gasteiger charge is -2.33. The Labute approximate surface area is 142 Å². The zero-order valence-corrected chi connectivity index (χ0v) is 14.0. The molecule has 1 fully saturated rings. The maximum atomic E-state index is 12.5. The Morgan fingerprint density at radius 1 is 1.17 bits per heavy atom. The van der Waals surface area contributed by atoms with Crippen molar-refractivity contribution in [3.63, 3.8) is 0 Å². The highest BCUT2D eigenvalue weighted by molar-refractivity contribution is 6.01. The third-order valence-corrected chi connectivity index (χ3v) is 4.64. The summed E-state index contributed by atoms with van der Waals surface area (Å²) in [6.07, 6.45) is 7.16. The van der Waals surface area contributed by atoms with Crippen LogP contribution in [0.2, 0.25) is 0 Å². The van der Waals surface area contributed by atoms with Crippen LogP contribution in [0.5, 0.6) is 0 Å². The van der Waals surface area contributed by atoms with Crippen LogP contribution in [-0.4, -0.2) is 34.3 Å². The van der Waals surface area contributed by atoms with Crippen LogP contribution in [0, 0.1) is 0 Å². The molecular formula is C19H23N3O2. The second-order valence-electron chi connectivity index (χ2n) is 6.37. The smallest absolute Gasteiger partial charge is 0.244 e. The Morgan fingerprint density at radius 2 is 1.92 bits per heavy atom. The number of fused-ring (bicyclic) bond motifs is 1. The minimum Gasteiger partial charge on any atom is -0.331 e. The van der Waals surface area contributed by atoms with Gasteiger partial charge in [0.15, 0.2) is 0 Å². The molecule has 5 heteroatoms. The predicted molar refractivity (Wildman–Crippen MR) is 94.6 cm³/mol. The molecule has 24 heavy (non-hydrogen) atoms. The quantitative estimate of drug-likeness (QED) is 0.937. The number of pyridine rings is 1. The molecule has 0 saturated heterocycles. The first-order valence-electron chi connectivity index (χ1n) is 8.56. The third kappa shape index (κ3) is 3.72. The number of rotatable bonds is 4. The Kier molecular flexibility index (Phi) is 5.08. The Hall–Kier alpha value is -2.43. The number of hydrogen-bond donors (Lipinski definition) is 1. The van der Waals surface area contributed by atoms with Gasteiger partial charge < -0.3 is 10.2 Å². The molecule has 0 radical (unpaired) electrons. The van der Waals surface area contributed by atoms with E-state index in [1.54, 1.807) is 18.0 Å². The predicted octanol–water partition coefficient (Wildman–Crippen LogP) is 3.35. The molecule has 1 aliphatic carbocycles. The second kappa shape index (κ2) is 7.43. The fourth-order valence-electron chi connectivity index (χ4n) is 3.44. The molecule has 0 spiro atoms. The monoisotopic (exact) mass is 325 g/mol. The maximum absolute atomic E-state index is 12.5. The van der Waals surface area contributed by atoms with Crippen molar-refractivity contribution in [1.29, 1.82) is 0 Å². The molecule has 2 aromatic rings. The van der Waals surface area contributed by atoms with E-state index in [1.807, 2.05) is 30.3 Å². The molecule has 1 aliphatic rings. The van der Waals surface area contributed by atoms with E-state index in [-0.39, 0.29) is 24.4 Å². The summed E-state index contributed by atoms with van der Waals surface area (Å²) in [5.41, 5.74) is 1.45. The molecule has 1 N–H and O–H groups in total. The molecule has 1 heterocycles. The summed E-state index contributed by atoms with van der Waals surface area (Å²) in [6, 6.07) is 9.71. The van der Waals surface area contributed by atoms with Crippen molar-refractivity contribution in [1.82, 2.24) is 9.88 Å². The van der Waals surface area contributed by atoms with Gasteiger partial charge in [0.2, 0.25) is 11.8 Å². The average Bonchev–Trinajstić information content (AvgIpc) is 2.60. The average molecular weight is 325 g/mol. The van der Waals surface area contributed by atoms with E-state index in [0.717, 1.165) is 36.6 Å². The zero-order valence-electron chi connectivity index (χ0n) is 14.0. The molecule has 1 aromatic heterocycles. The minimum absolute atomic E-state index is 0.0342. The van der Waals surface area contributed by atoms with Crippen molar-refractivity contribution < 1.29 is 9.59 Å². The Bertz CT molecular complexity index is 733. The van der Waals surface area contributed by atoms with Crippen LogP contribution in [0.15, 0.2) is 36.5 Å². The van der Waals surface area contributed by atoms with Crippen LogP contribution in [0.25, 0.3) is 10.9 Å². The number of hydrogen-bond acceptors (Lipinski definition) is 3. The lowest BCUT2D eigenvalue weighted by molar-refractivity contribution is -0.135. The van der Waals surface area contributed by atoms with Crippen molar-refractivity contribution in [2.75, 3.05) is 11.9 Å². The van der Waals surface area contributed by atoms with Crippen molar-refractivity contribution in [2.24, 2.45) is 0 Å². The normalized spacial score (nSPS) is 15.2. The third-order valence-electron chi connectivity index (χ3n) is 4.64. The lowest BCUT2D eigenvalue weighted by atomic mass is 9.94.